The van der Waals surface area contributed by atoms with Crippen LogP contribution in [0.3, 0.4) is 0 Å². The van der Waals surface area contributed by atoms with Crippen LogP contribution in [0, 0.1) is 0 Å². The van der Waals surface area contributed by atoms with Crippen molar-refractivity contribution in [3.63, 3.8) is 0 Å². The van der Waals surface area contributed by atoms with Gasteiger partial charge in [0.2, 0.25) is 0 Å². The molecule has 0 spiro atoms. The molecule has 0 fully saturated rings. The lowest BCUT2D eigenvalue weighted by Crippen LogP contribution is -2.22. The summed E-state index contributed by atoms with van der Waals surface area (Å²) in [5, 5.41) is 0.390. The fourth-order valence-electron chi connectivity index (χ4n) is 2.40. The molecule has 136 valence electrons. The second kappa shape index (κ2) is 9.64. The first kappa shape index (κ1) is 21.3. The Balaban J connectivity index is 2.82. The molecule has 0 radical (unpaired) electrons. The highest BCUT2D eigenvalue weighted by atomic mass is 35.5. The molecule has 0 aliphatic rings. The van der Waals surface area contributed by atoms with Crippen molar-refractivity contribution in [1.29, 1.82) is 0 Å². The van der Waals surface area contributed by atoms with Crippen molar-refractivity contribution in [1.82, 2.24) is 0 Å². The van der Waals surface area contributed by atoms with Crippen LogP contribution in [0.25, 0.3) is 0 Å². The molecule has 3 nitrogen and oxygen atoms in total. The summed E-state index contributed by atoms with van der Waals surface area (Å²) in [5.74, 6) is 0.299. The summed E-state index contributed by atoms with van der Waals surface area (Å²) in [6.45, 7) is 14.6. The molecule has 0 aliphatic heterocycles. The highest BCUT2D eigenvalue weighted by Gasteiger charge is 2.19. The Bertz CT molecular complexity index is 642. The second-order valence-electron chi connectivity index (χ2n) is 7.17. The molecule has 0 amide bonds. The third-order valence-electron chi connectivity index (χ3n) is 3.35. The number of carbonyl (C=O) groups is 1. The largest absolute Gasteiger partial charge is 0.497 e. The average molecular weight is 379 g/mol. The quantitative estimate of drug-likeness (QED) is 0.235. The maximum atomic E-state index is 12.4. The minimum atomic E-state index is -1.27. The Morgan fingerprint density at radius 2 is 1.84 bits per heavy atom. The normalized spacial score (nSPS) is 12.7. The number of allylic oxidation sites excluding steroid dienone is 2. The number of rotatable bonds is 9. The van der Waals surface area contributed by atoms with E-state index in [0.717, 1.165) is 11.6 Å². The molecule has 0 aliphatic carbocycles. The van der Waals surface area contributed by atoms with E-state index in [0.29, 0.717) is 22.8 Å². The number of esters is 1. The monoisotopic (exact) mass is 378 g/mol. The molecule has 1 aromatic rings. The van der Waals surface area contributed by atoms with Crippen LogP contribution in [0.15, 0.2) is 60.2 Å². The van der Waals surface area contributed by atoms with Gasteiger partial charge in [0.25, 0.3) is 0 Å². The number of methoxy groups -OCH3 is 1. The summed E-state index contributed by atoms with van der Waals surface area (Å²) < 4.78 is 10.7. The molecule has 0 unspecified atom stereocenters. The fraction of sp³-hybridized carbons (Fsp3) is 0.350. The molecule has 0 saturated heterocycles. The van der Waals surface area contributed by atoms with Crippen LogP contribution in [0.2, 0.25) is 25.7 Å². The molecule has 0 N–H and O–H groups in total. The van der Waals surface area contributed by atoms with Gasteiger partial charge in [0.05, 0.1) is 12.7 Å². The zero-order chi connectivity index (χ0) is 19.0. The molecule has 1 aromatic carbocycles. The Morgan fingerprint density at radius 3 is 2.32 bits per heavy atom. The topological polar surface area (TPSA) is 35.5 Å². The van der Waals surface area contributed by atoms with E-state index in [1.54, 1.807) is 43.5 Å². The third-order valence-corrected chi connectivity index (χ3v) is 5.03. The number of benzene rings is 1. The van der Waals surface area contributed by atoms with E-state index >= 15 is 0 Å². The number of ether oxygens (including phenoxy) is 2. The van der Waals surface area contributed by atoms with Gasteiger partial charge in [-0.05, 0) is 42.5 Å². The molecule has 0 saturated carbocycles. The van der Waals surface area contributed by atoms with Crippen LogP contribution in [0.4, 0.5) is 0 Å². The molecule has 25 heavy (non-hydrogen) atoms. The van der Waals surface area contributed by atoms with Gasteiger partial charge in [-0.1, -0.05) is 50.0 Å². The molecular weight excluding hydrogens is 352 g/mol. The number of hydrogen-bond donors (Lipinski definition) is 0. The molecular formula is C20H27ClO3Si. The van der Waals surface area contributed by atoms with E-state index in [2.05, 4.69) is 32.8 Å². The lowest BCUT2D eigenvalue weighted by atomic mass is 10.1. The highest BCUT2D eigenvalue weighted by molar-refractivity contribution is 6.76. The summed E-state index contributed by atoms with van der Waals surface area (Å²) in [6, 6.07) is 7.80. The summed E-state index contributed by atoms with van der Waals surface area (Å²) in [5.41, 5.74) is 1.55. The van der Waals surface area contributed by atoms with Gasteiger partial charge in [0, 0.05) is 19.5 Å². The summed E-state index contributed by atoms with van der Waals surface area (Å²) >= 11 is 5.80. The Hall–Kier alpha value is -1.78. The lowest BCUT2D eigenvalue weighted by Gasteiger charge is -2.21. The number of halogens is 1. The van der Waals surface area contributed by atoms with E-state index in [-0.39, 0.29) is 0 Å². The van der Waals surface area contributed by atoms with Gasteiger partial charge in [-0.15, -0.1) is 0 Å². The predicted molar refractivity (Wildman–Crippen MR) is 108 cm³/mol. The van der Waals surface area contributed by atoms with E-state index in [1.807, 2.05) is 0 Å². The Kier molecular flexibility index (Phi) is 8.19. The molecule has 0 bridgehead atoms. The van der Waals surface area contributed by atoms with Crippen LogP contribution in [-0.4, -0.2) is 27.3 Å². The average Bonchev–Trinajstić information content (AvgIpc) is 2.50. The molecule has 0 heterocycles. The molecule has 1 rings (SSSR count). The van der Waals surface area contributed by atoms with Crippen molar-refractivity contribution in [2.24, 2.45) is 0 Å². The van der Waals surface area contributed by atoms with Crippen molar-refractivity contribution in [2.45, 2.75) is 38.2 Å². The van der Waals surface area contributed by atoms with Crippen LogP contribution in [0.1, 0.15) is 16.8 Å². The van der Waals surface area contributed by atoms with E-state index in [9.17, 15) is 4.79 Å². The van der Waals surface area contributed by atoms with Gasteiger partial charge in [-0.3, -0.25) is 0 Å². The van der Waals surface area contributed by atoms with Crippen molar-refractivity contribution >= 4 is 25.6 Å². The second-order valence-corrected chi connectivity index (χ2v) is 13.1. The maximum absolute atomic E-state index is 12.4. The standard InChI is InChI=1S/C20H27ClO3Si/c1-15(14-25(4,5)6)13-19(10-7-16(2)21)24-20(22)17-8-11-18(23-3)12-9-17/h7-12,19H,1-2,13-14H2,3-6H3/b10-7+/t19-/m1/s1. The van der Waals surface area contributed by atoms with Gasteiger partial charge < -0.3 is 9.47 Å². The van der Waals surface area contributed by atoms with E-state index in [4.69, 9.17) is 21.1 Å². The number of hydrogen-bond acceptors (Lipinski definition) is 3. The van der Waals surface area contributed by atoms with E-state index in [1.165, 1.54) is 0 Å². The van der Waals surface area contributed by atoms with Crippen LogP contribution in [0.5, 0.6) is 5.75 Å². The van der Waals surface area contributed by atoms with Gasteiger partial charge in [0.15, 0.2) is 0 Å². The van der Waals surface area contributed by atoms with Crippen LogP contribution >= 0.6 is 11.6 Å². The third kappa shape index (κ3) is 8.75. The summed E-state index contributed by atoms with van der Waals surface area (Å²) in [7, 11) is 0.313. The zero-order valence-corrected chi connectivity index (χ0v) is 17.2. The van der Waals surface area contributed by atoms with Crippen molar-refractivity contribution in [3.8, 4) is 5.75 Å². The zero-order valence-electron chi connectivity index (χ0n) is 15.5. The first-order valence-electron chi connectivity index (χ1n) is 8.15. The van der Waals surface area contributed by atoms with Gasteiger partial charge in [-0.2, -0.15) is 0 Å². The first-order chi connectivity index (χ1) is 11.6. The molecule has 0 aromatic heterocycles. The van der Waals surface area contributed by atoms with Gasteiger partial charge in [-0.25, -0.2) is 4.79 Å². The lowest BCUT2D eigenvalue weighted by molar-refractivity contribution is 0.0396. The molecule has 5 heteroatoms. The van der Waals surface area contributed by atoms with Crippen molar-refractivity contribution in [2.75, 3.05) is 7.11 Å². The van der Waals surface area contributed by atoms with E-state index < -0.39 is 20.1 Å². The number of carbonyl (C=O) groups excluding carboxylic acids is 1. The minimum absolute atomic E-state index is 0.390. The van der Waals surface area contributed by atoms with Crippen LogP contribution < -0.4 is 4.74 Å². The minimum Gasteiger partial charge on any atom is -0.497 e. The highest BCUT2D eigenvalue weighted by Crippen LogP contribution is 2.22. The van der Waals surface area contributed by atoms with Crippen molar-refractivity contribution in [3.05, 3.63) is 65.7 Å². The fourth-order valence-corrected chi connectivity index (χ4v) is 4.12. The molecule has 1 atom stereocenters. The van der Waals surface area contributed by atoms with Gasteiger partial charge >= 0.3 is 5.97 Å². The first-order valence-corrected chi connectivity index (χ1v) is 12.2. The predicted octanol–water partition coefficient (Wildman–Crippen LogP) is 5.81. The summed E-state index contributed by atoms with van der Waals surface area (Å²) in [4.78, 5) is 12.4. The Morgan fingerprint density at radius 1 is 1.24 bits per heavy atom. The SMILES string of the molecule is C=C(Cl)/C=C/[C@H](CC(=C)C[Si](C)(C)C)OC(=O)c1ccc(OC)cc1. The van der Waals surface area contributed by atoms with Gasteiger partial charge in [0.1, 0.15) is 11.9 Å². The smallest absolute Gasteiger partial charge is 0.338 e. The Labute approximate surface area is 157 Å². The maximum Gasteiger partial charge on any atom is 0.338 e. The van der Waals surface area contributed by atoms with Crippen LogP contribution in [-0.2, 0) is 4.74 Å². The summed E-state index contributed by atoms with van der Waals surface area (Å²) in [6.07, 6.45) is 3.56. The van der Waals surface area contributed by atoms with Crippen molar-refractivity contribution < 1.29 is 14.3 Å².